The summed E-state index contributed by atoms with van der Waals surface area (Å²) in [6, 6.07) is 10.3. The maximum Gasteiger partial charge on any atom is 0.407 e. The van der Waals surface area contributed by atoms with Crippen LogP contribution in [0.1, 0.15) is 77.2 Å². The lowest BCUT2D eigenvalue weighted by atomic mass is 9.75. The number of rotatable bonds is 11. The van der Waals surface area contributed by atoms with Crippen LogP contribution in [0, 0.1) is 10.8 Å². The summed E-state index contributed by atoms with van der Waals surface area (Å²) in [7, 11) is 0. The molecule has 51 heavy (non-hydrogen) atoms. The predicted octanol–water partition coefficient (Wildman–Crippen LogP) is 7.27. The van der Waals surface area contributed by atoms with Gasteiger partial charge in [0.25, 0.3) is 5.91 Å². The van der Waals surface area contributed by atoms with Crippen LogP contribution >= 0.6 is 11.6 Å². The van der Waals surface area contributed by atoms with Gasteiger partial charge in [0, 0.05) is 22.9 Å². The maximum atomic E-state index is 14.9. The monoisotopic (exact) mass is 729 g/mol. The number of guanidine groups is 1. The molecule has 2 atom stereocenters. The molecule has 12 nitrogen and oxygen atoms in total. The standard InChI is InChI=1S/C34H36ClF4N9O3/c1-32(2,3)17-34(22-8-5-19(6-9-22)21-14-42-46(15-21)28(36)37)27(49)48(30(40)43-34)25(16-51-31(50)44-33(4)11-12-33)20-7-10-24(35)23(13-20)26-41-18-47(45-26)29(38)39/h5-10,13-15,18,25,28-29H,11-12,16-17H2,1-4H3,(H2,40,43)(H,44,50)/t25-,34-/m1/s1. The first-order chi connectivity index (χ1) is 24.0. The van der Waals surface area contributed by atoms with E-state index in [2.05, 4.69) is 25.8 Å². The van der Waals surface area contributed by atoms with E-state index in [9.17, 15) is 27.2 Å². The van der Waals surface area contributed by atoms with Crippen molar-refractivity contribution in [2.45, 2.75) is 77.2 Å². The minimum atomic E-state index is -2.93. The Labute approximate surface area is 295 Å². The van der Waals surface area contributed by atoms with Gasteiger partial charge in [-0.1, -0.05) is 62.7 Å². The van der Waals surface area contributed by atoms with E-state index in [0.717, 1.165) is 19.2 Å². The fraction of sp³-hybridized carbons (Fsp3) is 0.412. The summed E-state index contributed by atoms with van der Waals surface area (Å²) in [5.41, 5.74) is -0.199. The van der Waals surface area contributed by atoms with Crippen molar-refractivity contribution < 1.29 is 31.9 Å². The zero-order valence-corrected chi connectivity index (χ0v) is 28.9. The molecule has 0 radical (unpaired) electrons. The normalized spacial score (nSPS) is 19.1. The third-order valence-electron chi connectivity index (χ3n) is 8.88. The molecule has 4 aromatic rings. The van der Waals surface area contributed by atoms with E-state index < -0.39 is 42.1 Å². The molecule has 2 aromatic heterocycles. The third kappa shape index (κ3) is 7.41. The summed E-state index contributed by atoms with van der Waals surface area (Å²) < 4.78 is 59.6. The van der Waals surface area contributed by atoms with Crippen molar-refractivity contribution in [3.63, 3.8) is 0 Å². The Balaban J connectivity index is 1.39. The molecule has 0 unspecified atom stereocenters. The molecule has 1 aliphatic carbocycles. The Bertz CT molecular complexity index is 1960. The SMILES string of the molecule is CC(C)(C)C[C@]1(c2ccc(-c3cnn(C(F)F)c3)cc2)NC(=N)N([C@H](COC(=O)NC2(C)CC2)c2ccc(Cl)c(-c3ncn(C(F)F)n3)c2)C1=O. The van der Waals surface area contributed by atoms with Crippen LogP contribution in [0.15, 0.2) is 61.2 Å². The molecule has 3 N–H and O–H groups in total. The number of carbonyl (C=O) groups excluding carboxylic acids is 2. The lowest BCUT2D eigenvalue weighted by Crippen LogP contribution is -2.47. The second kappa shape index (κ2) is 13.3. The van der Waals surface area contributed by atoms with E-state index in [0.29, 0.717) is 31.6 Å². The minimum absolute atomic E-state index is 0.0940. The first-order valence-electron chi connectivity index (χ1n) is 16.1. The highest BCUT2D eigenvalue weighted by molar-refractivity contribution is 6.33. The van der Waals surface area contributed by atoms with E-state index in [1.807, 2.05) is 27.7 Å². The first-order valence-corrected chi connectivity index (χ1v) is 16.4. The van der Waals surface area contributed by atoms with E-state index in [1.54, 1.807) is 30.3 Å². The molecule has 2 aliphatic rings. The molecule has 0 bridgehead atoms. The van der Waals surface area contributed by atoms with Gasteiger partial charge in [-0.25, -0.2) is 14.5 Å². The van der Waals surface area contributed by atoms with Gasteiger partial charge in [0.1, 0.15) is 18.5 Å². The number of alkyl carbamates (subject to hydrolysis) is 1. The fourth-order valence-electron chi connectivity index (χ4n) is 6.16. The number of benzene rings is 2. The largest absolute Gasteiger partial charge is 0.447 e. The van der Waals surface area contributed by atoms with Gasteiger partial charge in [0.15, 0.2) is 11.8 Å². The highest BCUT2D eigenvalue weighted by atomic mass is 35.5. The van der Waals surface area contributed by atoms with Gasteiger partial charge >= 0.3 is 19.2 Å². The van der Waals surface area contributed by atoms with Crippen molar-refractivity contribution in [1.29, 1.82) is 5.41 Å². The summed E-state index contributed by atoms with van der Waals surface area (Å²) in [6.07, 6.45) is 4.50. The van der Waals surface area contributed by atoms with Gasteiger partial charge in [-0.3, -0.25) is 15.1 Å². The number of hydrogen-bond acceptors (Lipinski definition) is 7. The quantitative estimate of drug-likeness (QED) is 0.138. The zero-order chi connectivity index (χ0) is 36.9. The van der Waals surface area contributed by atoms with Gasteiger partial charge in [0.2, 0.25) is 0 Å². The molecule has 1 aliphatic heterocycles. The van der Waals surface area contributed by atoms with Crippen LogP contribution in [0.5, 0.6) is 0 Å². The molecule has 2 amide bonds. The number of nitrogens with one attached hydrogen (secondary N) is 3. The molecule has 2 aromatic carbocycles. The van der Waals surface area contributed by atoms with E-state index in [-0.39, 0.29) is 40.9 Å². The summed E-state index contributed by atoms with van der Waals surface area (Å²) in [5.74, 6) is -0.879. The molecule has 6 rings (SSSR count). The van der Waals surface area contributed by atoms with Crippen molar-refractivity contribution in [2.24, 2.45) is 5.41 Å². The van der Waals surface area contributed by atoms with E-state index in [1.165, 1.54) is 29.4 Å². The number of ether oxygens (including phenoxy) is 1. The van der Waals surface area contributed by atoms with Crippen molar-refractivity contribution in [2.75, 3.05) is 6.61 Å². The van der Waals surface area contributed by atoms with Gasteiger partial charge < -0.3 is 15.4 Å². The van der Waals surface area contributed by atoms with Crippen LogP contribution in [0.2, 0.25) is 5.02 Å². The molecule has 270 valence electrons. The smallest absolute Gasteiger partial charge is 0.407 e. The van der Waals surface area contributed by atoms with E-state index >= 15 is 0 Å². The van der Waals surface area contributed by atoms with Crippen LogP contribution < -0.4 is 10.6 Å². The van der Waals surface area contributed by atoms with Crippen molar-refractivity contribution in [1.82, 2.24) is 40.1 Å². The van der Waals surface area contributed by atoms with Crippen molar-refractivity contribution >= 4 is 29.6 Å². The molecule has 1 saturated carbocycles. The third-order valence-corrected chi connectivity index (χ3v) is 9.21. The Morgan fingerprint density at radius 2 is 1.76 bits per heavy atom. The number of hydrogen-bond donors (Lipinski definition) is 3. The molecular weight excluding hydrogens is 694 g/mol. The Morgan fingerprint density at radius 3 is 2.35 bits per heavy atom. The summed E-state index contributed by atoms with van der Waals surface area (Å²) in [6.45, 7) is 1.61. The summed E-state index contributed by atoms with van der Waals surface area (Å²) >= 11 is 6.47. The average molecular weight is 730 g/mol. The highest BCUT2D eigenvalue weighted by Gasteiger charge is 2.54. The van der Waals surface area contributed by atoms with E-state index in [4.69, 9.17) is 21.7 Å². The number of halogens is 5. The second-order valence-electron chi connectivity index (χ2n) is 14.2. The fourth-order valence-corrected chi connectivity index (χ4v) is 6.36. The van der Waals surface area contributed by atoms with Gasteiger partial charge in [-0.15, -0.1) is 5.10 Å². The lowest BCUT2D eigenvalue weighted by molar-refractivity contribution is -0.134. The van der Waals surface area contributed by atoms with Crippen molar-refractivity contribution in [3.05, 3.63) is 77.3 Å². The Morgan fingerprint density at radius 1 is 1.08 bits per heavy atom. The van der Waals surface area contributed by atoms with Crippen LogP contribution in [0.3, 0.4) is 0 Å². The van der Waals surface area contributed by atoms with Gasteiger partial charge in [0.05, 0.1) is 17.3 Å². The molecule has 3 heterocycles. The second-order valence-corrected chi connectivity index (χ2v) is 14.6. The molecule has 0 spiro atoms. The topological polar surface area (TPSA) is 143 Å². The molecule has 1 saturated heterocycles. The molecular formula is C34H36ClF4N9O3. The summed E-state index contributed by atoms with van der Waals surface area (Å²) in [4.78, 5) is 32.9. The number of aromatic nitrogens is 5. The first kappa shape index (κ1) is 35.8. The Kier molecular flexibility index (Phi) is 9.33. The van der Waals surface area contributed by atoms with Crippen LogP contribution in [-0.4, -0.2) is 59.6 Å². The maximum absolute atomic E-state index is 14.9. The lowest BCUT2D eigenvalue weighted by Gasteiger charge is -2.35. The highest BCUT2D eigenvalue weighted by Crippen LogP contribution is 2.43. The number of nitrogens with zero attached hydrogens (tertiary/aromatic N) is 6. The molecule has 17 heteroatoms. The molecule has 2 fully saturated rings. The minimum Gasteiger partial charge on any atom is -0.447 e. The zero-order valence-electron chi connectivity index (χ0n) is 28.1. The van der Waals surface area contributed by atoms with Crippen LogP contribution in [-0.2, 0) is 15.1 Å². The average Bonchev–Trinajstić information content (AvgIpc) is 3.43. The van der Waals surface area contributed by atoms with Gasteiger partial charge in [-0.05, 0) is 60.4 Å². The van der Waals surface area contributed by atoms with Gasteiger partial charge in [-0.2, -0.15) is 27.3 Å². The number of amides is 2. The van der Waals surface area contributed by atoms with Crippen LogP contribution in [0.25, 0.3) is 22.5 Å². The van der Waals surface area contributed by atoms with Crippen LogP contribution in [0.4, 0.5) is 22.4 Å². The Hall–Kier alpha value is -4.99. The summed E-state index contributed by atoms with van der Waals surface area (Å²) in [5, 5.41) is 22.7. The number of carbonyl (C=O) groups is 2. The van der Waals surface area contributed by atoms with Crippen molar-refractivity contribution in [3.8, 4) is 22.5 Å². The predicted molar refractivity (Wildman–Crippen MR) is 179 cm³/mol. The number of alkyl halides is 4.